The van der Waals surface area contributed by atoms with E-state index in [1.54, 1.807) is 0 Å². The van der Waals surface area contributed by atoms with Crippen molar-refractivity contribution in [2.24, 2.45) is 0 Å². The van der Waals surface area contributed by atoms with Crippen LogP contribution in [-0.2, 0) is 16.0 Å². The zero-order valence-electron chi connectivity index (χ0n) is 5.86. The second-order valence-electron chi connectivity index (χ2n) is 1.96. The van der Waals surface area contributed by atoms with Crippen molar-refractivity contribution in [3.05, 3.63) is 35.9 Å². The lowest BCUT2D eigenvalue weighted by atomic mass is 10.2. The van der Waals surface area contributed by atoms with E-state index in [9.17, 15) is 4.57 Å². The molecule has 0 spiro atoms. The van der Waals surface area contributed by atoms with E-state index in [1.165, 1.54) is 0 Å². The van der Waals surface area contributed by atoms with Crippen molar-refractivity contribution in [2.75, 3.05) is 0 Å². The molecule has 1 aromatic carbocycles. The van der Waals surface area contributed by atoms with Gasteiger partial charge in [-0.15, -0.1) is 5.25 Å². The SMILES string of the molecule is O=PNOCc1ccccc1. The normalized spacial score (nSPS) is 10.2. The summed E-state index contributed by atoms with van der Waals surface area (Å²) < 4.78 is 9.86. The maximum absolute atomic E-state index is 9.86. The predicted molar refractivity (Wildman–Crippen MR) is 42.0 cm³/mol. The molecule has 1 N–H and O–H groups in total. The van der Waals surface area contributed by atoms with Gasteiger partial charge in [-0.2, -0.15) is 0 Å². The summed E-state index contributed by atoms with van der Waals surface area (Å²) in [4.78, 5) is 4.79. The zero-order valence-corrected chi connectivity index (χ0v) is 6.75. The number of hydrogen-bond acceptors (Lipinski definition) is 2. The zero-order chi connectivity index (χ0) is 7.94. The summed E-state index contributed by atoms with van der Waals surface area (Å²) in [6, 6.07) is 9.65. The van der Waals surface area contributed by atoms with Crippen LogP contribution in [0.3, 0.4) is 0 Å². The molecular formula is C7H8NO2P. The standard InChI is InChI=1S/C7H8NO2P/c9-11-8-10-6-7-4-2-1-3-5-7/h1-5H,6H2,(H,8,9). The maximum Gasteiger partial charge on any atom is 0.271 e. The Bertz CT molecular complexity index is 215. The van der Waals surface area contributed by atoms with Crippen LogP contribution >= 0.6 is 8.61 Å². The molecule has 11 heavy (non-hydrogen) atoms. The van der Waals surface area contributed by atoms with E-state index in [4.69, 9.17) is 4.84 Å². The minimum absolute atomic E-state index is 0.207. The molecule has 3 nitrogen and oxygen atoms in total. The highest BCUT2D eigenvalue weighted by Crippen LogP contribution is 1.99. The van der Waals surface area contributed by atoms with Crippen molar-refractivity contribution in [3.8, 4) is 0 Å². The van der Waals surface area contributed by atoms with Gasteiger partial charge in [0.05, 0.1) is 6.61 Å². The Morgan fingerprint density at radius 2 is 2.09 bits per heavy atom. The molecule has 0 unspecified atom stereocenters. The molecule has 0 atom stereocenters. The lowest BCUT2D eigenvalue weighted by Crippen LogP contribution is -2.00. The van der Waals surface area contributed by atoms with Crippen LogP contribution in [0.2, 0.25) is 0 Å². The number of rotatable bonds is 4. The van der Waals surface area contributed by atoms with Crippen LogP contribution in [0.15, 0.2) is 30.3 Å². The van der Waals surface area contributed by atoms with Crippen LogP contribution in [0.25, 0.3) is 0 Å². The molecule has 4 heteroatoms. The Labute approximate surface area is 66.6 Å². The number of nitrogens with one attached hydrogen (secondary N) is 1. The summed E-state index contributed by atoms with van der Waals surface area (Å²) in [6.07, 6.45) is 0. The monoisotopic (exact) mass is 169 g/mol. The van der Waals surface area contributed by atoms with Crippen molar-refractivity contribution in [1.82, 2.24) is 5.25 Å². The fourth-order valence-corrected chi connectivity index (χ4v) is 0.833. The van der Waals surface area contributed by atoms with Crippen LogP contribution in [0.5, 0.6) is 0 Å². The maximum atomic E-state index is 9.86. The topological polar surface area (TPSA) is 38.3 Å². The fraction of sp³-hybridized carbons (Fsp3) is 0.143. The van der Waals surface area contributed by atoms with Gasteiger partial charge in [0.2, 0.25) is 0 Å². The minimum atomic E-state index is -0.207. The van der Waals surface area contributed by atoms with Gasteiger partial charge in [0.25, 0.3) is 8.61 Å². The summed E-state index contributed by atoms with van der Waals surface area (Å²) in [6.45, 7) is 0.427. The van der Waals surface area contributed by atoms with Crippen LogP contribution in [0, 0.1) is 0 Å². The van der Waals surface area contributed by atoms with Gasteiger partial charge in [-0.1, -0.05) is 30.3 Å². The van der Waals surface area contributed by atoms with Crippen molar-refractivity contribution in [1.29, 1.82) is 0 Å². The molecule has 0 heterocycles. The Hall–Kier alpha value is -0.760. The first kappa shape index (κ1) is 8.34. The molecule has 0 aromatic heterocycles. The van der Waals surface area contributed by atoms with Crippen molar-refractivity contribution in [2.45, 2.75) is 6.61 Å². The van der Waals surface area contributed by atoms with Gasteiger partial charge in [0, 0.05) is 0 Å². The Kier molecular flexibility index (Phi) is 3.76. The fourth-order valence-electron chi connectivity index (χ4n) is 0.716. The molecule has 1 rings (SSSR count). The minimum Gasteiger partial charge on any atom is -0.286 e. The molecule has 0 aliphatic heterocycles. The average Bonchev–Trinajstić information content (AvgIpc) is 2.07. The molecule has 0 radical (unpaired) electrons. The van der Waals surface area contributed by atoms with E-state index in [2.05, 4.69) is 5.25 Å². The van der Waals surface area contributed by atoms with E-state index < -0.39 is 0 Å². The molecular weight excluding hydrogens is 161 g/mol. The third kappa shape index (κ3) is 3.23. The molecule has 1 aromatic rings. The van der Waals surface area contributed by atoms with Gasteiger partial charge in [-0.3, -0.25) is 9.40 Å². The predicted octanol–water partition coefficient (Wildman–Crippen LogP) is 1.91. The molecule has 0 saturated heterocycles. The van der Waals surface area contributed by atoms with Gasteiger partial charge in [-0.25, -0.2) is 0 Å². The Morgan fingerprint density at radius 3 is 2.73 bits per heavy atom. The second kappa shape index (κ2) is 4.97. The van der Waals surface area contributed by atoms with Gasteiger partial charge in [0.1, 0.15) is 0 Å². The number of hydrogen-bond donors (Lipinski definition) is 1. The molecule has 58 valence electrons. The van der Waals surface area contributed by atoms with E-state index >= 15 is 0 Å². The van der Waals surface area contributed by atoms with E-state index in [-0.39, 0.29) is 8.61 Å². The molecule has 0 aliphatic carbocycles. The first-order valence-corrected chi connectivity index (χ1v) is 3.98. The summed E-state index contributed by atoms with van der Waals surface area (Å²) in [5.41, 5.74) is 1.05. The molecule has 0 aliphatic rings. The summed E-state index contributed by atoms with van der Waals surface area (Å²) in [7, 11) is -0.207. The van der Waals surface area contributed by atoms with E-state index in [0.29, 0.717) is 6.61 Å². The van der Waals surface area contributed by atoms with Crippen molar-refractivity contribution < 1.29 is 9.40 Å². The van der Waals surface area contributed by atoms with Gasteiger partial charge < -0.3 is 0 Å². The molecule has 0 bridgehead atoms. The quantitative estimate of drug-likeness (QED) is 0.425. The molecule has 0 fully saturated rings. The Morgan fingerprint density at radius 1 is 1.36 bits per heavy atom. The summed E-state index contributed by atoms with van der Waals surface area (Å²) >= 11 is 0. The lowest BCUT2D eigenvalue weighted by molar-refractivity contribution is 0.0829. The molecule has 0 amide bonds. The van der Waals surface area contributed by atoms with Crippen LogP contribution in [0.4, 0.5) is 0 Å². The largest absolute Gasteiger partial charge is 0.286 e. The van der Waals surface area contributed by atoms with Crippen molar-refractivity contribution >= 4 is 8.61 Å². The first-order chi connectivity index (χ1) is 5.43. The lowest BCUT2D eigenvalue weighted by Gasteiger charge is -1.98. The highest BCUT2D eigenvalue weighted by atomic mass is 31.1. The van der Waals surface area contributed by atoms with Crippen molar-refractivity contribution in [3.63, 3.8) is 0 Å². The Balaban J connectivity index is 2.33. The van der Waals surface area contributed by atoms with Crippen LogP contribution in [-0.4, -0.2) is 0 Å². The van der Waals surface area contributed by atoms with Gasteiger partial charge in [-0.05, 0) is 5.56 Å². The molecule has 0 saturated carbocycles. The highest BCUT2D eigenvalue weighted by Gasteiger charge is 1.88. The highest BCUT2D eigenvalue weighted by molar-refractivity contribution is 7.20. The third-order valence-electron chi connectivity index (χ3n) is 1.18. The van der Waals surface area contributed by atoms with Crippen LogP contribution in [0.1, 0.15) is 5.56 Å². The average molecular weight is 169 g/mol. The van der Waals surface area contributed by atoms with Gasteiger partial charge >= 0.3 is 0 Å². The summed E-state index contributed by atoms with van der Waals surface area (Å²) in [5, 5.41) is 2.21. The third-order valence-corrected chi connectivity index (χ3v) is 1.39. The van der Waals surface area contributed by atoms with Gasteiger partial charge in [0.15, 0.2) is 0 Å². The second-order valence-corrected chi connectivity index (χ2v) is 2.32. The summed E-state index contributed by atoms with van der Waals surface area (Å²) in [5.74, 6) is 0. The van der Waals surface area contributed by atoms with E-state index in [0.717, 1.165) is 5.56 Å². The number of benzene rings is 1. The van der Waals surface area contributed by atoms with Crippen LogP contribution < -0.4 is 5.25 Å². The first-order valence-electron chi connectivity index (χ1n) is 3.16. The van der Waals surface area contributed by atoms with E-state index in [1.807, 2.05) is 30.3 Å². The smallest absolute Gasteiger partial charge is 0.271 e.